The Morgan fingerprint density at radius 2 is 1.89 bits per heavy atom. The van der Waals surface area contributed by atoms with E-state index in [1.807, 2.05) is 0 Å². The lowest BCUT2D eigenvalue weighted by Crippen LogP contribution is -1.99. The van der Waals surface area contributed by atoms with E-state index in [2.05, 4.69) is 10.3 Å². The molecule has 0 unspecified atom stereocenters. The smallest absolute Gasteiger partial charge is 0.311 e. The van der Waals surface area contributed by atoms with Crippen molar-refractivity contribution in [3.8, 4) is 0 Å². The number of nitro groups is 1. The summed E-state index contributed by atoms with van der Waals surface area (Å²) in [7, 11) is 0. The lowest BCUT2D eigenvalue weighted by Gasteiger charge is -2.06. The number of nitrogens with one attached hydrogen (secondary N) is 1. The molecule has 5 nitrogen and oxygen atoms in total. The van der Waals surface area contributed by atoms with Gasteiger partial charge in [0.25, 0.3) is 0 Å². The van der Waals surface area contributed by atoms with Gasteiger partial charge in [-0.15, -0.1) is 0 Å². The molecule has 0 aliphatic carbocycles. The second kappa shape index (κ2) is 4.74. The van der Waals surface area contributed by atoms with Gasteiger partial charge in [0.1, 0.15) is 11.6 Å². The third kappa shape index (κ3) is 2.57. The second-order valence-electron chi connectivity index (χ2n) is 3.41. The van der Waals surface area contributed by atoms with Crippen molar-refractivity contribution in [3.63, 3.8) is 0 Å². The fourth-order valence-electron chi connectivity index (χ4n) is 1.40. The summed E-state index contributed by atoms with van der Waals surface area (Å²) in [5.41, 5.74) is -0.225. The first-order valence-corrected chi connectivity index (χ1v) is 4.89. The molecule has 0 amide bonds. The summed E-state index contributed by atoms with van der Waals surface area (Å²) in [6, 6.07) is 5.38. The Morgan fingerprint density at radius 3 is 2.50 bits per heavy atom. The zero-order valence-electron chi connectivity index (χ0n) is 8.93. The Labute approximate surface area is 100 Å². The summed E-state index contributed by atoms with van der Waals surface area (Å²) < 4.78 is 25.9. The summed E-state index contributed by atoms with van der Waals surface area (Å²) in [6.45, 7) is 0. The molecule has 1 N–H and O–H groups in total. The van der Waals surface area contributed by atoms with Gasteiger partial charge < -0.3 is 5.32 Å². The molecule has 0 aliphatic rings. The molecule has 0 bridgehead atoms. The Kier molecular flexibility index (Phi) is 3.13. The van der Waals surface area contributed by atoms with Crippen LogP contribution in [-0.2, 0) is 0 Å². The zero-order chi connectivity index (χ0) is 13.1. The van der Waals surface area contributed by atoms with Gasteiger partial charge in [-0.25, -0.2) is 13.8 Å². The Morgan fingerprint density at radius 1 is 1.22 bits per heavy atom. The standard InChI is InChI=1S/C11H7F2N3O2/c12-7-4-8(13)6-9(5-7)15-11-10(16(17)18)2-1-3-14-11/h1-6H,(H,14,15). The molecule has 0 fully saturated rings. The molecule has 0 aliphatic heterocycles. The molecule has 0 atom stereocenters. The van der Waals surface area contributed by atoms with E-state index in [1.54, 1.807) is 0 Å². The molecule has 2 aromatic rings. The van der Waals surface area contributed by atoms with Gasteiger partial charge in [-0.05, 0) is 18.2 Å². The van der Waals surface area contributed by atoms with Gasteiger partial charge in [0.2, 0.25) is 5.82 Å². The fourth-order valence-corrected chi connectivity index (χ4v) is 1.40. The van der Waals surface area contributed by atoms with E-state index in [4.69, 9.17) is 0 Å². The largest absolute Gasteiger partial charge is 0.334 e. The van der Waals surface area contributed by atoms with Gasteiger partial charge in [0, 0.05) is 24.0 Å². The molecule has 92 valence electrons. The lowest BCUT2D eigenvalue weighted by molar-refractivity contribution is -0.384. The van der Waals surface area contributed by atoms with Crippen molar-refractivity contribution < 1.29 is 13.7 Å². The summed E-state index contributed by atoms with van der Waals surface area (Å²) in [4.78, 5) is 13.8. The first kappa shape index (κ1) is 11.9. The average Bonchev–Trinajstić information content (AvgIpc) is 2.27. The van der Waals surface area contributed by atoms with Crippen LogP contribution in [0, 0.1) is 21.7 Å². The average molecular weight is 251 g/mol. The maximum Gasteiger partial charge on any atom is 0.311 e. The first-order valence-electron chi connectivity index (χ1n) is 4.89. The van der Waals surface area contributed by atoms with E-state index in [1.165, 1.54) is 18.3 Å². The van der Waals surface area contributed by atoms with E-state index in [0.29, 0.717) is 6.07 Å². The SMILES string of the molecule is O=[N+]([O-])c1cccnc1Nc1cc(F)cc(F)c1. The Hall–Kier alpha value is -2.57. The highest BCUT2D eigenvalue weighted by molar-refractivity contribution is 5.65. The van der Waals surface area contributed by atoms with Crippen molar-refractivity contribution in [3.05, 3.63) is 58.3 Å². The van der Waals surface area contributed by atoms with Crippen LogP contribution < -0.4 is 5.32 Å². The molecule has 0 spiro atoms. The van der Waals surface area contributed by atoms with Gasteiger partial charge in [-0.2, -0.15) is 0 Å². The van der Waals surface area contributed by atoms with Crippen LogP contribution in [0.4, 0.5) is 26.0 Å². The van der Waals surface area contributed by atoms with Crippen LogP contribution in [0.15, 0.2) is 36.5 Å². The third-order valence-corrected chi connectivity index (χ3v) is 2.11. The minimum atomic E-state index is -0.781. The van der Waals surface area contributed by atoms with Crippen molar-refractivity contribution >= 4 is 17.2 Å². The maximum atomic E-state index is 13.0. The van der Waals surface area contributed by atoms with Crippen LogP contribution in [0.25, 0.3) is 0 Å². The van der Waals surface area contributed by atoms with Crippen molar-refractivity contribution in [2.45, 2.75) is 0 Å². The molecule has 1 aromatic heterocycles. The molecule has 0 saturated heterocycles. The van der Waals surface area contributed by atoms with Gasteiger partial charge in [-0.1, -0.05) is 0 Å². The van der Waals surface area contributed by atoms with E-state index in [-0.39, 0.29) is 17.2 Å². The highest BCUT2D eigenvalue weighted by Crippen LogP contribution is 2.25. The van der Waals surface area contributed by atoms with Gasteiger partial charge >= 0.3 is 5.69 Å². The summed E-state index contributed by atoms with van der Waals surface area (Å²) in [6.07, 6.45) is 1.34. The maximum absolute atomic E-state index is 13.0. The Balaban J connectivity index is 2.37. The highest BCUT2D eigenvalue weighted by atomic mass is 19.1. The van der Waals surface area contributed by atoms with E-state index in [0.717, 1.165) is 12.1 Å². The molecule has 2 rings (SSSR count). The minimum Gasteiger partial charge on any atom is -0.334 e. The van der Waals surface area contributed by atoms with Crippen molar-refractivity contribution in [2.24, 2.45) is 0 Å². The predicted octanol–water partition coefficient (Wildman–Crippen LogP) is 3.01. The summed E-state index contributed by atoms with van der Waals surface area (Å²) in [5.74, 6) is -1.64. The number of rotatable bonds is 3. The molecule has 18 heavy (non-hydrogen) atoms. The quantitative estimate of drug-likeness (QED) is 0.672. The molecule has 1 heterocycles. The number of pyridine rings is 1. The van der Waals surface area contributed by atoms with E-state index in [9.17, 15) is 18.9 Å². The number of benzene rings is 1. The molecule has 0 radical (unpaired) electrons. The van der Waals surface area contributed by atoms with Crippen LogP contribution in [0.5, 0.6) is 0 Å². The van der Waals surface area contributed by atoms with E-state index < -0.39 is 16.6 Å². The summed E-state index contributed by atoms with van der Waals surface area (Å²) >= 11 is 0. The zero-order valence-corrected chi connectivity index (χ0v) is 8.93. The lowest BCUT2D eigenvalue weighted by atomic mass is 10.3. The number of anilines is 2. The van der Waals surface area contributed by atoms with Crippen molar-refractivity contribution in [1.82, 2.24) is 4.98 Å². The minimum absolute atomic E-state index is 0.0503. The molecular formula is C11H7F2N3O2. The van der Waals surface area contributed by atoms with Gasteiger partial charge in [-0.3, -0.25) is 10.1 Å². The van der Waals surface area contributed by atoms with Gasteiger partial charge in [0.05, 0.1) is 4.92 Å². The van der Waals surface area contributed by atoms with Crippen molar-refractivity contribution in [1.29, 1.82) is 0 Å². The van der Waals surface area contributed by atoms with Crippen LogP contribution in [0.2, 0.25) is 0 Å². The second-order valence-corrected chi connectivity index (χ2v) is 3.41. The van der Waals surface area contributed by atoms with Crippen molar-refractivity contribution in [2.75, 3.05) is 5.32 Å². The normalized spacial score (nSPS) is 10.1. The monoisotopic (exact) mass is 251 g/mol. The number of hydrogen-bond donors (Lipinski definition) is 1. The van der Waals surface area contributed by atoms with Gasteiger partial charge in [0.15, 0.2) is 0 Å². The topological polar surface area (TPSA) is 68.1 Å². The number of aromatic nitrogens is 1. The van der Waals surface area contributed by atoms with Crippen LogP contribution >= 0.6 is 0 Å². The highest BCUT2D eigenvalue weighted by Gasteiger charge is 2.14. The predicted molar refractivity (Wildman–Crippen MR) is 60.5 cm³/mol. The van der Waals surface area contributed by atoms with Crippen LogP contribution in [0.1, 0.15) is 0 Å². The van der Waals surface area contributed by atoms with Crippen LogP contribution in [0.3, 0.4) is 0 Å². The molecule has 1 aromatic carbocycles. The van der Waals surface area contributed by atoms with Crippen LogP contribution in [-0.4, -0.2) is 9.91 Å². The van der Waals surface area contributed by atoms with E-state index >= 15 is 0 Å². The molecule has 0 saturated carbocycles. The summed E-state index contributed by atoms with van der Waals surface area (Å²) in [5, 5.41) is 13.2. The number of halogens is 2. The third-order valence-electron chi connectivity index (χ3n) is 2.11. The number of nitrogens with zero attached hydrogens (tertiary/aromatic N) is 2. The molecule has 7 heteroatoms. The Bertz CT molecular complexity index is 584. The first-order chi connectivity index (χ1) is 8.56. The molecular weight excluding hydrogens is 244 g/mol. The number of hydrogen-bond acceptors (Lipinski definition) is 4. The fraction of sp³-hybridized carbons (Fsp3) is 0.